The Labute approximate surface area is 160 Å². The molecule has 2 aromatic heterocycles. The average molecular weight is 373 g/mol. The van der Waals surface area contributed by atoms with Crippen molar-refractivity contribution in [3.05, 3.63) is 89.5 Å². The minimum atomic E-state index is -0.445. The van der Waals surface area contributed by atoms with Crippen LogP contribution in [0.25, 0.3) is 16.9 Å². The van der Waals surface area contributed by atoms with E-state index >= 15 is 0 Å². The molecule has 2 heterocycles. The Balaban J connectivity index is 1.63. The lowest BCUT2D eigenvalue weighted by molar-refractivity contribution is 0.0956. The van der Waals surface area contributed by atoms with Crippen LogP contribution in [0.2, 0.25) is 0 Å². The Morgan fingerprint density at radius 3 is 2.75 bits per heavy atom. The van der Waals surface area contributed by atoms with Gasteiger partial charge in [-0.1, -0.05) is 42.5 Å². The molecule has 28 heavy (non-hydrogen) atoms. The third-order valence-corrected chi connectivity index (χ3v) is 4.19. The van der Waals surface area contributed by atoms with Gasteiger partial charge in [0.15, 0.2) is 5.65 Å². The fourth-order valence-electron chi connectivity index (χ4n) is 2.84. The van der Waals surface area contributed by atoms with Crippen molar-refractivity contribution in [2.24, 2.45) is 5.10 Å². The first-order chi connectivity index (χ1) is 13.6. The number of carbonyl (C=O) groups is 1. The Morgan fingerprint density at radius 1 is 1.14 bits per heavy atom. The number of hydrogen-bond donors (Lipinski definition) is 1. The number of carbonyl (C=O) groups excluding carboxylic acids is 1. The van der Waals surface area contributed by atoms with E-state index in [1.54, 1.807) is 16.6 Å². The van der Waals surface area contributed by atoms with E-state index in [4.69, 9.17) is 0 Å². The number of aryl methyl sites for hydroxylation is 1. The van der Waals surface area contributed by atoms with Crippen molar-refractivity contribution >= 4 is 17.8 Å². The molecule has 4 aromatic rings. The standard InChI is InChI=1S/C21H16FN5O/c1-14-10-19(16-7-3-2-4-8-16)25-20-18(13-24-27(14)20)21(28)26-23-12-15-6-5-9-17(22)11-15/h2-13H,1H3,(H,26,28)/b23-12+. The molecule has 0 saturated carbocycles. The van der Waals surface area contributed by atoms with Crippen molar-refractivity contribution in [3.63, 3.8) is 0 Å². The molecule has 0 saturated heterocycles. The number of hydrogen-bond acceptors (Lipinski definition) is 4. The second kappa shape index (κ2) is 7.40. The average Bonchev–Trinajstić information content (AvgIpc) is 3.13. The van der Waals surface area contributed by atoms with Crippen LogP contribution in [0.3, 0.4) is 0 Å². The highest BCUT2D eigenvalue weighted by atomic mass is 19.1. The van der Waals surface area contributed by atoms with Crippen LogP contribution >= 0.6 is 0 Å². The van der Waals surface area contributed by atoms with Crippen molar-refractivity contribution < 1.29 is 9.18 Å². The van der Waals surface area contributed by atoms with E-state index in [0.717, 1.165) is 17.0 Å². The van der Waals surface area contributed by atoms with E-state index in [1.807, 2.05) is 43.3 Å². The van der Waals surface area contributed by atoms with E-state index in [-0.39, 0.29) is 5.82 Å². The summed E-state index contributed by atoms with van der Waals surface area (Å²) in [5, 5.41) is 8.14. The first kappa shape index (κ1) is 17.5. The van der Waals surface area contributed by atoms with E-state index in [2.05, 4.69) is 20.6 Å². The van der Waals surface area contributed by atoms with Crippen molar-refractivity contribution in [3.8, 4) is 11.3 Å². The topological polar surface area (TPSA) is 71.7 Å². The highest BCUT2D eigenvalue weighted by molar-refractivity contribution is 6.00. The Bertz CT molecular complexity index is 1180. The summed E-state index contributed by atoms with van der Waals surface area (Å²) in [6, 6.07) is 17.5. The normalized spacial score (nSPS) is 11.2. The highest BCUT2D eigenvalue weighted by Crippen LogP contribution is 2.20. The molecular weight excluding hydrogens is 357 g/mol. The van der Waals surface area contributed by atoms with Gasteiger partial charge in [-0.15, -0.1) is 0 Å². The quantitative estimate of drug-likeness (QED) is 0.439. The van der Waals surface area contributed by atoms with Gasteiger partial charge in [0, 0.05) is 11.3 Å². The predicted octanol–water partition coefficient (Wildman–Crippen LogP) is 3.61. The lowest BCUT2D eigenvalue weighted by atomic mass is 10.1. The lowest BCUT2D eigenvalue weighted by Gasteiger charge is -2.05. The number of amides is 1. The van der Waals surface area contributed by atoms with Gasteiger partial charge < -0.3 is 0 Å². The molecule has 1 N–H and O–H groups in total. The third kappa shape index (κ3) is 3.50. The van der Waals surface area contributed by atoms with E-state index in [9.17, 15) is 9.18 Å². The molecule has 0 aliphatic rings. The molecule has 7 heteroatoms. The third-order valence-electron chi connectivity index (χ3n) is 4.19. The van der Waals surface area contributed by atoms with E-state index in [0.29, 0.717) is 16.8 Å². The van der Waals surface area contributed by atoms with Crippen LogP contribution in [-0.2, 0) is 0 Å². The molecular formula is C21H16FN5O. The Morgan fingerprint density at radius 2 is 1.96 bits per heavy atom. The molecule has 1 amide bonds. The minimum Gasteiger partial charge on any atom is -0.267 e. The summed E-state index contributed by atoms with van der Waals surface area (Å²) < 4.78 is 14.8. The number of halogens is 1. The molecule has 0 atom stereocenters. The van der Waals surface area contributed by atoms with Crippen LogP contribution in [0.1, 0.15) is 21.6 Å². The molecule has 6 nitrogen and oxygen atoms in total. The first-order valence-corrected chi connectivity index (χ1v) is 8.61. The van der Waals surface area contributed by atoms with Crippen LogP contribution < -0.4 is 5.43 Å². The fraction of sp³-hybridized carbons (Fsp3) is 0.0476. The molecule has 0 bridgehead atoms. The smallest absolute Gasteiger partial charge is 0.267 e. The molecule has 0 aliphatic carbocycles. The summed E-state index contributed by atoms with van der Waals surface area (Å²) in [6.07, 6.45) is 2.83. The number of benzene rings is 2. The number of fused-ring (bicyclic) bond motifs is 1. The zero-order valence-corrected chi connectivity index (χ0v) is 15.0. The zero-order valence-electron chi connectivity index (χ0n) is 15.0. The summed E-state index contributed by atoms with van der Waals surface area (Å²) in [4.78, 5) is 17.1. The van der Waals surface area contributed by atoms with Gasteiger partial charge in [-0.25, -0.2) is 19.3 Å². The van der Waals surface area contributed by atoms with Crippen molar-refractivity contribution in [1.29, 1.82) is 0 Å². The highest BCUT2D eigenvalue weighted by Gasteiger charge is 2.16. The summed E-state index contributed by atoms with van der Waals surface area (Å²) >= 11 is 0. The van der Waals surface area contributed by atoms with Crippen LogP contribution in [0, 0.1) is 12.7 Å². The van der Waals surface area contributed by atoms with Crippen LogP contribution in [0.5, 0.6) is 0 Å². The molecule has 0 aliphatic heterocycles. The molecule has 0 unspecified atom stereocenters. The predicted molar refractivity (Wildman–Crippen MR) is 105 cm³/mol. The van der Waals surface area contributed by atoms with Crippen molar-refractivity contribution in [2.75, 3.05) is 0 Å². The minimum absolute atomic E-state index is 0.303. The fourth-order valence-corrected chi connectivity index (χ4v) is 2.84. The van der Waals surface area contributed by atoms with Gasteiger partial charge in [-0.3, -0.25) is 4.79 Å². The van der Waals surface area contributed by atoms with E-state index in [1.165, 1.54) is 24.5 Å². The first-order valence-electron chi connectivity index (χ1n) is 8.61. The summed E-state index contributed by atoms with van der Waals surface area (Å²) in [5.41, 5.74) is 6.28. The van der Waals surface area contributed by atoms with Crippen LogP contribution in [-0.4, -0.2) is 26.7 Å². The summed E-state index contributed by atoms with van der Waals surface area (Å²) in [5.74, 6) is -0.814. The second-order valence-corrected chi connectivity index (χ2v) is 6.20. The van der Waals surface area contributed by atoms with Gasteiger partial charge >= 0.3 is 0 Å². The van der Waals surface area contributed by atoms with Crippen molar-refractivity contribution in [2.45, 2.75) is 6.92 Å². The van der Waals surface area contributed by atoms with E-state index < -0.39 is 5.91 Å². The number of nitrogens with zero attached hydrogens (tertiary/aromatic N) is 4. The maximum atomic E-state index is 13.2. The van der Waals surface area contributed by atoms with Crippen LogP contribution in [0.4, 0.5) is 4.39 Å². The monoisotopic (exact) mass is 373 g/mol. The number of hydrazone groups is 1. The molecule has 0 fully saturated rings. The maximum absolute atomic E-state index is 13.2. The summed E-state index contributed by atoms with van der Waals surface area (Å²) in [7, 11) is 0. The largest absolute Gasteiger partial charge is 0.276 e. The van der Waals surface area contributed by atoms with Gasteiger partial charge in [0.25, 0.3) is 5.91 Å². The Hall–Kier alpha value is -3.87. The van der Waals surface area contributed by atoms with Gasteiger partial charge in [-0.05, 0) is 30.7 Å². The van der Waals surface area contributed by atoms with Crippen molar-refractivity contribution in [1.82, 2.24) is 20.0 Å². The second-order valence-electron chi connectivity index (χ2n) is 6.20. The molecule has 4 rings (SSSR count). The number of aromatic nitrogens is 3. The number of nitrogens with one attached hydrogen (secondary N) is 1. The van der Waals surface area contributed by atoms with Gasteiger partial charge in [0.2, 0.25) is 0 Å². The van der Waals surface area contributed by atoms with Crippen LogP contribution in [0.15, 0.2) is 72.0 Å². The lowest BCUT2D eigenvalue weighted by Crippen LogP contribution is -2.17. The number of rotatable bonds is 4. The molecule has 2 aromatic carbocycles. The Kier molecular flexibility index (Phi) is 4.63. The molecule has 0 spiro atoms. The van der Waals surface area contributed by atoms with Gasteiger partial charge in [0.1, 0.15) is 11.4 Å². The SMILES string of the molecule is Cc1cc(-c2ccccc2)nc2c(C(=O)N/N=C/c3cccc(F)c3)cnn12. The summed E-state index contributed by atoms with van der Waals surface area (Å²) in [6.45, 7) is 1.90. The molecule has 0 radical (unpaired) electrons. The maximum Gasteiger partial charge on any atom is 0.276 e. The van der Waals surface area contributed by atoms with Gasteiger partial charge in [-0.2, -0.15) is 10.2 Å². The van der Waals surface area contributed by atoms with Gasteiger partial charge in [0.05, 0.1) is 18.1 Å². The molecule has 138 valence electrons. The zero-order chi connectivity index (χ0) is 19.5.